The summed E-state index contributed by atoms with van der Waals surface area (Å²) >= 11 is 0. The van der Waals surface area contributed by atoms with Crippen molar-refractivity contribution in [3.63, 3.8) is 0 Å². The van der Waals surface area contributed by atoms with Crippen molar-refractivity contribution in [1.29, 1.82) is 0 Å². The molecule has 1 aromatic rings. The second-order valence-corrected chi connectivity index (χ2v) is 7.45. The van der Waals surface area contributed by atoms with Crippen molar-refractivity contribution in [2.24, 2.45) is 5.92 Å². The van der Waals surface area contributed by atoms with Crippen LogP contribution >= 0.6 is 0 Å². The highest BCUT2D eigenvalue weighted by atomic mass is 16.5. The Labute approximate surface area is 150 Å². The van der Waals surface area contributed by atoms with Crippen molar-refractivity contribution in [3.05, 3.63) is 18.2 Å². The molecule has 3 heterocycles. The van der Waals surface area contributed by atoms with Gasteiger partial charge in [0.1, 0.15) is 5.82 Å². The fourth-order valence-electron chi connectivity index (χ4n) is 3.70. The maximum absolute atomic E-state index is 12.7. The zero-order valence-corrected chi connectivity index (χ0v) is 15.5. The molecular formula is C18H31N5O2. The molecule has 2 amide bonds. The van der Waals surface area contributed by atoms with E-state index in [-0.39, 0.29) is 6.03 Å². The summed E-state index contributed by atoms with van der Waals surface area (Å²) in [5.74, 6) is 1.48. The molecule has 3 rings (SSSR count). The van der Waals surface area contributed by atoms with Crippen LogP contribution in [0.5, 0.6) is 0 Å². The van der Waals surface area contributed by atoms with Gasteiger partial charge >= 0.3 is 6.03 Å². The molecule has 7 heteroatoms. The number of imidazole rings is 1. The maximum Gasteiger partial charge on any atom is 0.318 e. The first-order valence-corrected chi connectivity index (χ1v) is 9.48. The molecule has 2 aliphatic rings. The second kappa shape index (κ2) is 8.67. The smallest absolute Gasteiger partial charge is 0.318 e. The number of rotatable bonds is 6. The monoisotopic (exact) mass is 349 g/mol. The molecule has 1 aromatic heterocycles. The van der Waals surface area contributed by atoms with Crippen LogP contribution in [0.15, 0.2) is 12.4 Å². The summed E-state index contributed by atoms with van der Waals surface area (Å²) in [6.07, 6.45) is 5.97. The summed E-state index contributed by atoms with van der Waals surface area (Å²) in [6.45, 7) is 11.1. The van der Waals surface area contributed by atoms with Gasteiger partial charge in [-0.2, -0.15) is 0 Å². The minimum Gasteiger partial charge on any atom is -0.379 e. The Morgan fingerprint density at radius 2 is 2.16 bits per heavy atom. The predicted octanol–water partition coefficient (Wildman–Crippen LogP) is 1.55. The summed E-state index contributed by atoms with van der Waals surface area (Å²) in [7, 11) is 0. The van der Waals surface area contributed by atoms with E-state index in [0.29, 0.717) is 18.5 Å². The van der Waals surface area contributed by atoms with Crippen LogP contribution in [0, 0.1) is 5.92 Å². The summed E-state index contributed by atoms with van der Waals surface area (Å²) < 4.78 is 7.54. The normalized spacial score (nSPS) is 21.9. The molecule has 7 nitrogen and oxygen atoms in total. The number of morpholine rings is 1. The SMILES string of the molecule is CC(C)Cn1ccnc1CNC(=O)N1CCC[C@H]1CN1CCOCC1. The van der Waals surface area contributed by atoms with Crippen LogP contribution in [0.3, 0.4) is 0 Å². The summed E-state index contributed by atoms with van der Waals surface area (Å²) in [6, 6.07) is 0.350. The van der Waals surface area contributed by atoms with Crippen molar-refractivity contribution >= 4 is 6.03 Å². The largest absolute Gasteiger partial charge is 0.379 e. The zero-order valence-electron chi connectivity index (χ0n) is 15.5. The molecule has 2 aliphatic heterocycles. The predicted molar refractivity (Wildman–Crippen MR) is 96.3 cm³/mol. The molecule has 0 spiro atoms. The van der Waals surface area contributed by atoms with Gasteiger partial charge < -0.3 is 19.5 Å². The highest BCUT2D eigenvalue weighted by Crippen LogP contribution is 2.19. The van der Waals surface area contributed by atoms with E-state index in [2.05, 4.69) is 33.6 Å². The van der Waals surface area contributed by atoms with Crippen LogP contribution in [0.1, 0.15) is 32.5 Å². The molecule has 1 atom stereocenters. The average molecular weight is 349 g/mol. The van der Waals surface area contributed by atoms with Crippen molar-refractivity contribution in [2.75, 3.05) is 39.4 Å². The van der Waals surface area contributed by atoms with Crippen molar-refractivity contribution < 1.29 is 9.53 Å². The van der Waals surface area contributed by atoms with E-state index in [4.69, 9.17) is 4.74 Å². The number of aromatic nitrogens is 2. The van der Waals surface area contributed by atoms with Crippen molar-refractivity contribution in [1.82, 2.24) is 24.7 Å². The van der Waals surface area contributed by atoms with E-state index in [1.807, 2.05) is 11.1 Å². The molecule has 140 valence electrons. The van der Waals surface area contributed by atoms with Crippen molar-refractivity contribution in [3.8, 4) is 0 Å². The Morgan fingerprint density at radius 1 is 1.36 bits per heavy atom. The molecule has 0 radical (unpaired) electrons. The molecule has 1 N–H and O–H groups in total. The number of ether oxygens (including phenoxy) is 1. The minimum absolute atomic E-state index is 0.0369. The molecule has 0 saturated carbocycles. The quantitative estimate of drug-likeness (QED) is 0.846. The topological polar surface area (TPSA) is 62.6 Å². The number of carbonyl (C=O) groups excluding carboxylic acids is 1. The average Bonchev–Trinajstić information content (AvgIpc) is 3.22. The van der Waals surface area contributed by atoms with Gasteiger partial charge in [-0.3, -0.25) is 4.90 Å². The lowest BCUT2D eigenvalue weighted by molar-refractivity contribution is 0.0292. The number of hydrogen-bond acceptors (Lipinski definition) is 4. The molecule has 2 fully saturated rings. The van der Waals surface area contributed by atoms with Crippen LogP contribution < -0.4 is 5.32 Å². The van der Waals surface area contributed by atoms with Gasteiger partial charge in [0.25, 0.3) is 0 Å². The number of nitrogens with one attached hydrogen (secondary N) is 1. The van der Waals surface area contributed by atoms with E-state index in [1.54, 1.807) is 6.20 Å². The van der Waals surface area contributed by atoms with Crippen LogP contribution in [-0.2, 0) is 17.8 Å². The fraction of sp³-hybridized carbons (Fsp3) is 0.778. The zero-order chi connectivity index (χ0) is 17.6. The highest BCUT2D eigenvalue weighted by molar-refractivity contribution is 5.74. The standard InChI is InChI=1S/C18H31N5O2/c1-15(2)13-22-7-5-19-17(22)12-20-18(24)23-6-3-4-16(23)14-21-8-10-25-11-9-21/h5,7,15-16H,3-4,6,8-14H2,1-2H3,(H,20,24)/t16-/m0/s1. The van der Waals surface area contributed by atoms with Crippen LogP contribution in [0.2, 0.25) is 0 Å². The van der Waals surface area contributed by atoms with E-state index >= 15 is 0 Å². The molecule has 2 saturated heterocycles. The Kier molecular flexibility index (Phi) is 6.31. The van der Waals surface area contributed by atoms with Gasteiger partial charge in [0.2, 0.25) is 0 Å². The Balaban J connectivity index is 1.50. The van der Waals surface area contributed by atoms with E-state index in [1.165, 1.54) is 0 Å². The fourth-order valence-corrected chi connectivity index (χ4v) is 3.70. The lowest BCUT2D eigenvalue weighted by Crippen LogP contribution is -2.49. The lowest BCUT2D eigenvalue weighted by Gasteiger charge is -2.32. The van der Waals surface area contributed by atoms with E-state index in [9.17, 15) is 4.79 Å². The number of amides is 2. The summed E-state index contributed by atoms with van der Waals surface area (Å²) in [5, 5.41) is 3.07. The molecule has 25 heavy (non-hydrogen) atoms. The van der Waals surface area contributed by atoms with Gasteiger partial charge in [0.15, 0.2) is 0 Å². The molecular weight excluding hydrogens is 318 g/mol. The van der Waals surface area contributed by atoms with Gasteiger partial charge in [0.05, 0.1) is 19.8 Å². The summed E-state index contributed by atoms with van der Waals surface area (Å²) in [4.78, 5) is 21.5. The molecule has 0 aliphatic carbocycles. The molecule has 0 unspecified atom stereocenters. The minimum atomic E-state index is 0.0369. The molecule has 0 aromatic carbocycles. The van der Waals surface area contributed by atoms with E-state index < -0.39 is 0 Å². The number of likely N-dealkylation sites (tertiary alicyclic amines) is 1. The van der Waals surface area contributed by atoms with Crippen LogP contribution in [0.25, 0.3) is 0 Å². The first-order chi connectivity index (χ1) is 12.1. The highest BCUT2D eigenvalue weighted by Gasteiger charge is 2.30. The molecule has 0 bridgehead atoms. The third-order valence-electron chi connectivity index (χ3n) is 4.97. The van der Waals surface area contributed by atoms with Gasteiger partial charge in [0, 0.05) is 51.2 Å². The lowest BCUT2D eigenvalue weighted by atomic mass is 10.2. The van der Waals surface area contributed by atoms with Gasteiger partial charge in [-0.05, 0) is 18.8 Å². The Bertz CT molecular complexity index is 553. The number of urea groups is 1. The van der Waals surface area contributed by atoms with Gasteiger partial charge in [-0.25, -0.2) is 9.78 Å². The third-order valence-corrected chi connectivity index (χ3v) is 4.97. The Morgan fingerprint density at radius 3 is 2.92 bits per heavy atom. The van der Waals surface area contributed by atoms with Gasteiger partial charge in [-0.1, -0.05) is 13.8 Å². The summed E-state index contributed by atoms with van der Waals surface area (Å²) in [5.41, 5.74) is 0. The Hall–Kier alpha value is -1.60. The number of carbonyl (C=O) groups is 1. The van der Waals surface area contributed by atoms with Crippen molar-refractivity contribution in [2.45, 2.75) is 45.8 Å². The first kappa shape index (κ1) is 18.2. The first-order valence-electron chi connectivity index (χ1n) is 9.48. The van der Waals surface area contributed by atoms with Crippen LogP contribution in [0.4, 0.5) is 4.79 Å². The number of nitrogens with zero attached hydrogens (tertiary/aromatic N) is 4. The third kappa shape index (κ3) is 4.95. The van der Waals surface area contributed by atoms with Gasteiger partial charge in [-0.15, -0.1) is 0 Å². The maximum atomic E-state index is 12.7. The van der Waals surface area contributed by atoms with Crippen LogP contribution in [-0.4, -0.2) is 70.8 Å². The second-order valence-electron chi connectivity index (χ2n) is 7.45. The van der Waals surface area contributed by atoms with E-state index in [0.717, 1.165) is 64.6 Å². The number of hydrogen-bond donors (Lipinski definition) is 1.